The lowest BCUT2D eigenvalue weighted by atomic mass is 10.1. The summed E-state index contributed by atoms with van der Waals surface area (Å²) >= 11 is 3.12. The van der Waals surface area contributed by atoms with Crippen molar-refractivity contribution < 1.29 is 4.79 Å². The Morgan fingerprint density at radius 2 is 2.25 bits per heavy atom. The quantitative estimate of drug-likeness (QED) is 0.785. The molecule has 0 radical (unpaired) electrons. The third-order valence-corrected chi connectivity index (χ3v) is 2.24. The lowest BCUT2D eigenvalue weighted by Gasteiger charge is -1.99. The molecule has 1 aromatic carbocycles. The summed E-state index contributed by atoms with van der Waals surface area (Å²) in [5, 5.41) is 8.59. The van der Waals surface area contributed by atoms with Crippen LogP contribution in [0.3, 0.4) is 0 Å². The van der Waals surface area contributed by atoms with Crippen LogP contribution < -0.4 is 5.73 Å². The van der Waals surface area contributed by atoms with Gasteiger partial charge < -0.3 is 5.73 Å². The first kappa shape index (κ1) is 8.75. The molecule has 12 heavy (non-hydrogen) atoms. The van der Waals surface area contributed by atoms with E-state index in [0.717, 1.165) is 0 Å². The predicted molar refractivity (Wildman–Crippen MR) is 47.4 cm³/mol. The third kappa shape index (κ3) is 1.46. The summed E-state index contributed by atoms with van der Waals surface area (Å²) in [5.41, 5.74) is 5.80. The van der Waals surface area contributed by atoms with Crippen LogP contribution in [-0.2, 0) is 0 Å². The molecule has 0 aliphatic rings. The number of hydrogen-bond donors (Lipinski definition) is 1. The molecule has 0 spiro atoms. The first-order chi connectivity index (χ1) is 5.66. The Morgan fingerprint density at radius 1 is 1.58 bits per heavy atom. The van der Waals surface area contributed by atoms with Crippen LogP contribution in [-0.4, -0.2) is 5.91 Å². The second kappa shape index (κ2) is 3.37. The summed E-state index contributed by atoms with van der Waals surface area (Å²) in [5.74, 6) is -0.543. The molecule has 0 atom stereocenters. The van der Waals surface area contributed by atoms with Gasteiger partial charge in [-0.25, -0.2) is 0 Å². The molecule has 4 heteroatoms. The molecule has 0 saturated carbocycles. The standard InChI is InChI=1S/C8H5BrN2O/c9-7-5(4-10)2-1-3-6(7)8(11)12/h1-3H,(H2,11,12). The number of carbonyl (C=O) groups is 1. The normalized spacial score (nSPS) is 9.00. The molecule has 60 valence electrons. The van der Waals surface area contributed by atoms with Crippen LogP contribution in [0.1, 0.15) is 15.9 Å². The van der Waals surface area contributed by atoms with Gasteiger partial charge in [-0.15, -0.1) is 0 Å². The van der Waals surface area contributed by atoms with E-state index in [1.54, 1.807) is 18.2 Å². The Kier molecular flexibility index (Phi) is 2.46. The minimum absolute atomic E-state index is 0.328. The molecule has 0 heterocycles. The molecule has 0 bridgehead atoms. The summed E-state index contributed by atoms with van der Waals surface area (Å²) in [6.07, 6.45) is 0. The smallest absolute Gasteiger partial charge is 0.249 e. The van der Waals surface area contributed by atoms with Crippen LogP contribution in [0.2, 0.25) is 0 Å². The van der Waals surface area contributed by atoms with E-state index in [-0.39, 0.29) is 0 Å². The average Bonchev–Trinajstić information content (AvgIpc) is 2.04. The van der Waals surface area contributed by atoms with Gasteiger partial charge in [-0.05, 0) is 28.1 Å². The van der Waals surface area contributed by atoms with Gasteiger partial charge in [0.25, 0.3) is 0 Å². The second-order valence-corrected chi connectivity index (χ2v) is 2.94. The van der Waals surface area contributed by atoms with E-state index in [1.807, 2.05) is 6.07 Å². The molecule has 0 saturated heterocycles. The first-order valence-electron chi connectivity index (χ1n) is 3.15. The van der Waals surface area contributed by atoms with Gasteiger partial charge in [-0.1, -0.05) is 6.07 Å². The van der Waals surface area contributed by atoms with E-state index in [2.05, 4.69) is 15.9 Å². The topological polar surface area (TPSA) is 66.9 Å². The number of hydrogen-bond acceptors (Lipinski definition) is 2. The Balaban J connectivity index is 3.35. The SMILES string of the molecule is N#Cc1cccc(C(N)=O)c1Br. The van der Waals surface area contributed by atoms with Gasteiger partial charge in [0.1, 0.15) is 6.07 Å². The number of carbonyl (C=O) groups excluding carboxylic acids is 1. The number of primary amides is 1. The highest BCUT2D eigenvalue weighted by atomic mass is 79.9. The number of nitriles is 1. The van der Waals surface area contributed by atoms with Crippen LogP contribution in [0.25, 0.3) is 0 Å². The Morgan fingerprint density at radius 3 is 2.75 bits per heavy atom. The molecule has 0 unspecified atom stereocenters. The third-order valence-electron chi connectivity index (χ3n) is 1.38. The number of rotatable bonds is 1. The maximum atomic E-state index is 10.8. The van der Waals surface area contributed by atoms with Gasteiger partial charge in [-0.3, -0.25) is 4.79 Å². The Hall–Kier alpha value is -1.34. The van der Waals surface area contributed by atoms with Gasteiger partial charge in [0.15, 0.2) is 0 Å². The second-order valence-electron chi connectivity index (χ2n) is 2.14. The van der Waals surface area contributed by atoms with Crippen molar-refractivity contribution in [1.82, 2.24) is 0 Å². The minimum atomic E-state index is -0.543. The van der Waals surface area contributed by atoms with Crippen molar-refractivity contribution in [2.24, 2.45) is 5.73 Å². The lowest BCUT2D eigenvalue weighted by molar-refractivity contribution is 0.0999. The summed E-state index contributed by atoms with van der Waals surface area (Å²) in [7, 11) is 0. The van der Waals surface area contributed by atoms with Gasteiger partial charge >= 0.3 is 0 Å². The molecule has 1 rings (SSSR count). The summed E-state index contributed by atoms with van der Waals surface area (Å²) < 4.78 is 0.458. The van der Waals surface area contributed by atoms with Crippen molar-refractivity contribution in [3.05, 3.63) is 33.8 Å². The molecule has 0 aliphatic heterocycles. The van der Waals surface area contributed by atoms with E-state index >= 15 is 0 Å². The Labute approximate surface area is 77.9 Å². The molecular weight excluding hydrogens is 220 g/mol. The van der Waals surface area contributed by atoms with E-state index in [1.165, 1.54) is 0 Å². The zero-order valence-electron chi connectivity index (χ0n) is 6.04. The van der Waals surface area contributed by atoms with Crippen LogP contribution in [0, 0.1) is 11.3 Å². The number of nitrogens with two attached hydrogens (primary N) is 1. The van der Waals surface area contributed by atoms with Gasteiger partial charge in [0, 0.05) is 4.47 Å². The van der Waals surface area contributed by atoms with Crippen molar-refractivity contribution in [3.8, 4) is 6.07 Å². The minimum Gasteiger partial charge on any atom is -0.366 e. The maximum absolute atomic E-state index is 10.8. The van der Waals surface area contributed by atoms with E-state index < -0.39 is 5.91 Å². The van der Waals surface area contributed by atoms with Crippen LogP contribution in [0.15, 0.2) is 22.7 Å². The number of amides is 1. The van der Waals surface area contributed by atoms with Gasteiger partial charge in [-0.2, -0.15) is 5.26 Å². The number of halogens is 1. The van der Waals surface area contributed by atoms with Crippen LogP contribution in [0.5, 0.6) is 0 Å². The van der Waals surface area contributed by atoms with E-state index in [4.69, 9.17) is 11.0 Å². The molecule has 3 nitrogen and oxygen atoms in total. The Bertz CT molecular complexity index is 368. The van der Waals surface area contributed by atoms with Gasteiger partial charge in [0.05, 0.1) is 11.1 Å². The number of benzene rings is 1. The van der Waals surface area contributed by atoms with Crippen molar-refractivity contribution >= 4 is 21.8 Å². The zero-order chi connectivity index (χ0) is 9.14. The van der Waals surface area contributed by atoms with Crippen molar-refractivity contribution in [1.29, 1.82) is 5.26 Å². The highest BCUT2D eigenvalue weighted by Gasteiger charge is 2.08. The van der Waals surface area contributed by atoms with Crippen molar-refractivity contribution in [2.75, 3.05) is 0 Å². The van der Waals surface area contributed by atoms with E-state index in [0.29, 0.717) is 15.6 Å². The average molecular weight is 225 g/mol. The highest BCUT2D eigenvalue weighted by Crippen LogP contribution is 2.20. The maximum Gasteiger partial charge on any atom is 0.249 e. The summed E-state index contributed by atoms with van der Waals surface area (Å²) in [6.45, 7) is 0. The summed E-state index contributed by atoms with van der Waals surface area (Å²) in [6, 6.07) is 6.72. The molecule has 0 fully saturated rings. The van der Waals surface area contributed by atoms with Gasteiger partial charge in [0.2, 0.25) is 5.91 Å². The van der Waals surface area contributed by atoms with E-state index in [9.17, 15) is 4.79 Å². The lowest BCUT2D eigenvalue weighted by Crippen LogP contribution is -2.11. The molecular formula is C8H5BrN2O. The fourth-order valence-corrected chi connectivity index (χ4v) is 1.36. The van der Waals surface area contributed by atoms with Crippen molar-refractivity contribution in [2.45, 2.75) is 0 Å². The largest absolute Gasteiger partial charge is 0.366 e. The molecule has 0 aliphatic carbocycles. The molecule has 1 aromatic rings. The number of nitrogens with zero attached hydrogens (tertiary/aromatic N) is 1. The zero-order valence-corrected chi connectivity index (χ0v) is 7.63. The molecule has 2 N–H and O–H groups in total. The summed E-state index contributed by atoms with van der Waals surface area (Å²) in [4.78, 5) is 10.8. The van der Waals surface area contributed by atoms with Crippen LogP contribution >= 0.6 is 15.9 Å². The predicted octanol–water partition coefficient (Wildman–Crippen LogP) is 1.42. The first-order valence-corrected chi connectivity index (χ1v) is 3.94. The fourth-order valence-electron chi connectivity index (χ4n) is 0.809. The monoisotopic (exact) mass is 224 g/mol. The fraction of sp³-hybridized carbons (Fsp3) is 0. The molecule has 0 aromatic heterocycles. The van der Waals surface area contributed by atoms with Crippen LogP contribution in [0.4, 0.5) is 0 Å². The van der Waals surface area contributed by atoms with Crippen molar-refractivity contribution in [3.63, 3.8) is 0 Å². The molecule has 1 amide bonds. The highest BCUT2D eigenvalue weighted by molar-refractivity contribution is 9.10.